The third-order valence-electron chi connectivity index (χ3n) is 4.98. The average Bonchev–Trinajstić information content (AvgIpc) is 2.70. The minimum absolute atomic E-state index is 0.109. The van der Waals surface area contributed by atoms with Gasteiger partial charge in [-0.25, -0.2) is 13.4 Å². The molecule has 150 valence electrons. The van der Waals surface area contributed by atoms with Gasteiger partial charge in [0.2, 0.25) is 10.0 Å². The molecule has 3 rings (SSSR count). The number of aromatic nitrogens is 2. The number of benzene rings is 1. The third kappa shape index (κ3) is 4.15. The number of carbonyl (C=O) groups excluding carboxylic acids is 1. The Morgan fingerprint density at radius 3 is 2.46 bits per heavy atom. The molecule has 0 saturated carbocycles. The first kappa shape index (κ1) is 20.2. The normalized spacial score (nSPS) is 16.0. The van der Waals surface area contributed by atoms with Crippen LogP contribution in [0.1, 0.15) is 34.5 Å². The van der Waals surface area contributed by atoms with Crippen molar-refractivity contribution < 1.29 is 17.9 Å². The molecule has 0 bridgehead atoms. The number of sulfonamides is 1. The lowest BCUT2D eigenvalue weighted by Gasteiger charge is -2.32. The van der Waals surface area contributed by atoms with Crippen molar-refractivity contribution in [2.75, 3.05) is 20.2 Å². The number of methoxy groups -OCH3 is 1. The predicted molar refractivity (Wildman–Crippen MR) is 104 cm³/mol. The van der Waals surface area contributed by atoms with Crippen LogP contribution in [0, 0.1) is 13.8 Å². The zero-order chi connectivity index (χ0) is 20.3. The molecule has 28 heavy (non-hydrogen) atoms. The monoisotopic (exact) mass is 404 g/mol. The van der Waals surface area contributed by atoms with Gasteiger partial charge in [0.05, 0.1) is 13.3 Å². The largest absolute Gasteiger partial charge is 0.495 e. The SMILES string of the molecule is COc1cc(C)c(C)cc1S(=O)(=O)N1CCC(NC(=O)c2cnccn2)CC1. The fraction of sp³-hybridized carbons (Fsp3) is 0.421. The van der Waals surface area contributed by atoms with Gasteiger partial charge in [-0.3, -0.25) is 9.78 Å². The molecule has 0 spiro atoms. The first-order valence-electron chi connectivity index (χ1n) is 9.05. The molecule has 0 aliphatic carbocycles. The Hall–Kier alpha value is -2.52. The molecular formula is C19H24N4O4S. The fourth-order valence-corrected chi connectivity index (χ4v) is 4.87. The lowest BCUT2D eigenvalue weighted by Crippen LogP contribution is -2.46. The smallest absolute Gasteiger partial charge is 0.271 e. The Balaban J connectivity index is 1.69. The lowest BCUT2D eigenvalue weighted by molar-refractivity contribution is 0.0918. The van der Waals surface area contributed by atoms with Gasteiger partial charge in [-0.2, -0.15) is 4.31 Å². The second-order valence-corrected chi connectivity index (χ2v) is 8.74. The Bertz CT molecular complexity index is 955. The van der Waals surface area contributed by atoms with Crippen LogP contribution in [0.5, 0.6) is 5.75 Å². The molecular weight excluding hydrogens is 380 g/mol. The highest BCUT2D eigenvalue weighted by atomic mass is 32.2. The molecule has 2 aromatic rings. The molecule has 9 heteroatoms. The van der Waals surface area contributed by atoms with E-state index in [1.807, 2.05) is 13.8 Å². The Morgan fingerprint density at radius 2 is 1.86 bits per heavy atom. The van der Waals surface area contributed by atoms with Crippen molar-refractivity contribution in [1.82, 2.24) is 19.6 Å². The standard InChI is InChI=1S/C19H24N4O4S/c1-13-10-17(27-3)18(11-14(13)2)28(25,26)23-8-4-15(5-9-23)22-19(24)16-12-20-6-7-21-16/h6-7,10-12,15H,4-5,8-9H2,1-3H3,(H,22,24). The van der Waals surface area contributed by atoms with E-state index in [9.17, 15) is 13.2 Å². The van der Waals surface area contributed by atoms with Crippen molar-refractivity contribution in [3.63, 3.8) is 0 Å². The summed E-state index contributed by atoms with van der Waals surface area (Å²) in [6.07, 6.45) is 5.42. The van der Waals surface area contributed by atoms with Crippen LogP contribution < -0.4 is 10.1 Å². The van der Waals surface area contributed by atoms with Crippen LogP contribution in [-0.4, -0.2) is 54.8 Å². The second-order valence-electron chi connectivity index (χ2n) is 6.83. The maximum Gasteiger partial charge on any atom is 0.271 e. The van der Waals surface area contributed by atoms with Crippen molar-refractivity contribution >= 4 is 15.9 Å². The highest BCUT2D eigenvalue weighted by molar-refractivity contribution is 7.89. The highest BCUT2D eigenvalue weighted by Gasteiger charge is 2.32. The number of aryl methyl sites for hydroxylation is 2. The summed E-state index contributed by atoms with van der Waals surface area (Å²) in [4.78, 5) is 20.2. The lowest BCUT2D eigenvalue weighted by atomic mass is 10.1. The maximum atomic E-state index is 13.1. The molecule has 0 atom stereocenters. The average molecular weight is 404 g/mol. The minimum Gasteiger partial charge on any atom is -0.495 e. The first-order chi connectivity index (χ1) is 13.3. The molecule has 0 radical (unpaired) electrons. The number of hydrogen-bond acceptors (Lipinski definition) is 6. The number of nitrogens with zero attached hydrogens (tertiary/aromatic N) is 3. The molecule has 1 aliphatic rings. The van der Waals surface area contributed by atoms with Crippen molar-refractivity contribution in [3.8, 4) is 5.75 Å². The topological polar surface area (TPSA) is 101 Å². The minimum atomic E-state index is -3.67. The van der Waals surface area contributed by atoms with Gasteiger partial charge in [0.25, 0.3) is 5.91 Å². The number of ether oxygens (including phenoxy) is 1. The molecule has 1 saturated heterocycles. The van der Waals surface area contributed by atoms with Crippen molar-refractivity contribution in [3.05, 3.63) is 47.5 Å². The molecule has 1 aromatic heterocycles. The number of carbonyl (C=O) groups is 1. The number of rotatable bonds is 5. The van der Waals surface area contributed by atoms with Crippen molar-refractivity contribution in [2.24, 2.45) is 0 Å². The van der Waals surface area contributed by atoms with Gasteiger partial charge < -0.3 is 10.1 Å². The van der Waals surface area contributed by atoms with Crippen molar-refractivity contribution in [1.29, 1.82) is 0 Å². The van der Waals surface area contributed by atoms with Crippen LogP contribution >= 0.6 is 0 Å². The maximum absolute atomic E-state index is 13.1. The summed E-state index contributed by atoms with van der Waals surface area (Å²) in [6, 6.07) is 3.30. The highest BCUT2D eigenvalue weighted by Crippen LogP contribution is 2.31. The summed E-state index contributed by atoms with van der Waals surface area (Å²) in [5.41, 5.74) is 2.11. The zero-order valence-corrected chi connectivity index (χ0v) is 17.0. The fourth-order valence-electron chi connectivity index (χ4n) is 3.18. The number of piperidine rings is 1. The van der Waals surface area contributed by atoms with E-state index in [0.29, 0.717) is 31.7 Å². The molecule has 1 aliphatic heterocycles. The van der Waals surface area contributed by atoms with E-state index in [0.717, 1.165) is 11.1 Å². The van der Waals surface area contributed by atoms with Crippen LogP contribution in [0.15, 0.2) is 35.6 Å². The van der Waals surface area contributed by atoms with Crippen molar-refractivity contribution in [2.45, 2.75) is 37.6 Å². The van der Waals surface area contributed by atoms with E-state index >= 15 is 0 Å². The molecule has 1 N–H and O–H groups in total. The van der Waals surface area contributed by atoms with E-state index in [4.69, 9.17) is 4.74 Å². The summed E-state index contributed by atoms with van der Waals surface area (Å²) in [5, 5.41) is 2.90. The zero-order valence-electron chi connectivity index (χ0n) is 16.2. The Kier molecular flexibility index (Phi) is 5.95. The summed E-state index contributed by atoms with van der Waals surface area (Å²) >= 11 is 0. The summed E-state index contributed by atoms with van der Waals surface area (Å²) in [6.45, 7) is 4.44. The molecule has 1 aromatic carbocycles. The molecule has 1 amide bonds. The van der Waals surface area contributed by atoms with Gasteiger partial charge in [0.15, 0.2) is 0 Å². The van der Waals surface area contributed by atoms with Crippen LogP contribution in [0.4, 0.5) is 0 Å². The van der Waals surface area contributed by atoms with Crippen LogP contribution in [0.3, 0.4) is 0 Å². The van der Waals surface area contributed by atoms with E-state index in [1.54, 1.807) is 12.1 Å². The van der Waals surface area contributed by atoms with Gasteiger partial charge in [0, 0.05) is 31.5 Å². The Labute approximate surface area is 165 Å². The molecule has 2 heterocycles. The first-order valence-corrected chi connectivity index (χ1v) is 10.5. The van der Waals surface area contributed by atoms with Gasteiger partial charge in [0.1, 0.15) is 16.3 Å². The van der Waals surface area contributed by atoms with Gasteiger partial charge in [-0.1, -0.05) is 0 Å². The number of hydrogen-bond donors (Lipinski definition) is 1. The second kappa shape index (κ2) is 8.24. The number of nitrogens with one attached hydrogen (secondary N) is 1. The van der Waals surface area contributed by atoms with Gasteiger partial charge >= 0.3 is 0 Å². The van der Waals surface area contributed by atoms with Crippen LogP contribution in [0.2, 0.25) is 0 Å². The summed E-state index contributed by atoms with van der Waals surface area (Å²) < 4.78 is 33.0. The van der Waals surface area contributed by atoms with Gasteiger partial charge in [-0.15, -0.1) is 0 Å². The van der Waals surface area contributed by atoms with E-state index < -0.39 is 10.0 Å². The van der Waals surface area contributed by atoms with E-state index in [2.05, 4.69) is 15.3 Å². The summed E-state index contributed by atoms with van der Waals surface area (Å²) in [7, 11) is -2.21. The van der Waals surface area contributed by atoms with E-state index in [1.165, 1.54) is 30.0 Å². The van der Waals surface area contributed by atoms with Crippen LogP contribution in [-0.2, 0) is 10.0 Å². The van der Waals surface area contributed by atoms with E-state index in [-0.39, 0.29) is 22.5 Å². The van der Waals surface area contributed by atoms with Gasteiger partial charge in [-0.05, 0) is 49.9 Å². The molecule has 8 nitrogen and oxygen atoms in total. The predicted octanol–water partition coefficient (Wildman–Crippen LogP) is 1.69. The molecule has 1 fully saturated rings. The summed E-state index contributed by atoms with van der Waals surface area (Å²) in [5.74, 6) is 0.0476. The third-order valence-corrected chi connectivity index (χ3v) is 6.90. The van der Waals surface area contributed by atoms with Crippen LogP contribution in [0.25, 0.3) is 0 Å². The Morgan fingerprint density at radius 1 is 1.18 bits per heavy atom. The number of amides is 1. The quantitative estimate of drug-likeness (QED) is 0.814. The molecule has 0 unspecified atom stereocenters.